The fourth-order valence-electron chi connectivity index (χ4n) is 3.31. The summed E-state index contributed by atoms with van der Waals surface area (Å²) in [4.78, 5) is 26.5. The van der Waals surface area contributed by atoms with Crippen LogP contribution in [-0.4, -0.2) is 62.5 Å². The van der Waals surface area contributed by atoms with Gasteiger partial charge in [0, 0.05) is 38.0 Å². The normalized spacial score (nSPS) is 14.9. The van der Waals surface area contributed by atoms with E-state index < -0.39 is 0 Å². The van der Waals surface area contributed by atoms with Crippen LogP contribution in [0.4, 0.5) is 4.79 Å². The molecule has 3 rings (SSSR count). The molecule has 2 aromatic rings. The summed E-state index contributed by atoms with van der Waals surface area (Å²) in [6.07, 6.45) is 2.39. The average molecular weight is 461 g/mol. The van der Waals surface area contributed by atoms with Crippen LogP contribution in [0.3, 0.4) is 0 Å². The molecule has 0 aliphatic carbocycles. The van der Waals surface area contributed by atoms with Crippen molar-refractivity contribution >= 4 is 23.8 Å². The van der Waals surface area contributed by atoms with Crippen molar-refractivity contribution in [2.24, 2.45) is 18.4 Å². The number of likely N-dealkylation sites (tertiary alicyclic amines) is 1. The lowest BCUT2D eigenvalue weighted by molar-refractivity contribution is 0.0949. The number of nitrogens with one attached hydrogen (secondary N) is 1. The lowest BCUT2D eigenvalue weighted by Crippen LogP contribution is -2.40. The first-order valence-corrected chi connectivity index (χ1v) is 11.9. The molecular weight excluding hydrogens is 428 g/mol. The number of ether oxygens (including phenoxy) is 1. The van der Waals surface area contributed by atoms with Gasteiger partial charge in [0.15, 0.2) is 0 Å². The topological polar surface area (TPSA) is 102 Å². The van der Waals surface area contributed by atoms with Crippen LogP contribution >= 0.6 is 11.8 Å². The molecule has 32 heavy (non-hydrogen) atoms. The second-order valence-corrected chi connectivity index (χ2v) is 10.3. The van der Waals surface area contributed by atoms with E-state index in [4.69, 9.17) is 4.74 Å². The van der Waals surface area contributed by atoms with E-state index in [0.717, 1.165) is 30.2 Å². The number of hydrogen-bond donors (Lipinski definition) is 1. The van der Waals surface area contributed by atoms with E-state index in [1.165, 1.54) is 0 Å². The molecular formula is C22H32N6O3S. The third-order valence-corrected chi connectivity index (χ3v) is 6.63. The van der Waals surface area contributed by atoms with Crippen molar-refractivity contribution < 1.29 is 14.3 Å². The molecule has 1 fully saturated rings. The van der Waals surface area contributed by atoms with Crippen molar-refractivity contribution in [3.8, 4) is 5.75 Å². The van der Waals surface area contributed by atoms with Crippen molar-refractivity contribution in [3.63, 3.8) is 0 Å². The Balaban J connectivity index is 1.40. The third kappa shape index (κ3) is 7.22. The van der Waals surface area contributed by atoms with Gasteiger partial charge < -0.3 is 15.0 Å². The van der Waals surface area contributed by atoms with E-state index in [1.807, 2.05) is 7.05 Å². The molecule has 1 N–H and O–H groups in total. The van der Waals surface area contributed by atoms with Gasteiger partial charge in [0.1, 0.15) is 5.75 Å². The van der Waals surface area contributed by atoms with Crippen molar-refractivity contribution in [3.05, 3.63) is 29.8 Å². The predicted octanol–water partition coefficient (Wildman–Crippen LogP) is 3.38. The quantitative estimate of drug-likeness (QED) is 0.632. The zero-order chi connectivity index (χ0) is 23.1. The summed E-state index contributed by atoms with van der Waals surface area (Å²) >= 11 is 1.64. The van der Waals surface area contributed by atoms with Gasteiger partial charge in [-0.3, -0.25) is 4.79 Å². The smallest absolute Gasteiger partial charge is 0.410 e. The highest BCUT2D eigenvalue weighted by molar-refractivity contribution is 7.99. The van der Waals surface area contributed by atoms with Gasteiger partial charge in [-0.15, -0.1) is 5.10 Å². The number of thioether (sulfide) groups is 1. The van der Waals surface area contributed by atoms with Gasteiger partial charge in [0.05, 0.1) is 0 Å². The van der Waals surface area contributed by atoms with Crippen LogP contribution in [0.1, 0.15) is 50.4 Å². The number of piperidine rings is 1. The number of nitrogens with zero attached hydrogens (tertiary/aromatic N) is 5. The molecule has 2 amide bonds. The second-order valence-electron chi connectivity index (χ2n) is 9.29. The SMILES string of the molecule is Cn1nnnc1SCC1CCN(C(=O)Oc2ccc(C(=O)NCCC(C)(C)C)cc2)CC1. The van der Waals surface area contributed by atoms with Crippen molar-refractivity contribution in [2.45, 2.75) is 45.2 Å². The lowest BCUT2D eigenvalue weighted by Gasteiger charge is -2.30. The number of tetrazole rings is 1. The summed E-state index contributed by atoms with van der Waals surface area (Å²) in [5, 5.41) is 15.2. The Morgan fingerprint density at radius 2 is 1.88 bits per heavy atom. The maximum Gasteiger partial charge on any atom is 0.415 e. The van der Waals surface area contributed by atoms with E-state index >= 15 is 0 Å². The summed E-state index contributed by atoms with van der Waals surface area (Å²) in [5.74, 6) is 1.76. The summed E-state index contributed by atoms with van der Waals surface area (Å²) in [6.45, 7) is 8.37. The molecule has 0 saturated carbocycles. The molecule has 9 nitrogen and oxygen atoms in total. The van der Waals surface area contributed by atoms with Crippen LogP contribution in [0, 0.1) is 11.3 Å². The standard InChI is InChI=1S/C22H32N6O3S/c1-22(2,3)11-12-23-19(29)17-5-7-18(8-6-17)31-21(30)28-13-9-16(10-14-28)15-32-20-24-25-26-27(20)4/h5-8,16H,9-15H2,1-4H3,(H,23,29). The molecule has 174 valence electrons. The maximum atomic E-state index is 12.5. The summed E-state index contributed by atoms with van der Waals surface area (Å²) < 4.78 is 7.17. The zero-order valence-electron chi connectivity index (χ0n) is 19.2. The molecule has 1 aromatic carbocycles. The Bertz CT molecular complexity index is 901. The van der Waals surface area contributed by atoms with Crippen LogP contribution < -0.4 is 10.1 Å². The highest BCUT2D eigenvalue weighted by Gasteiger charge is 2.25. The maximum absolute atomic E-state index is 12.5. The molecule has 10 heteroatoms. The van der Waals surface area contributed by atoms with Crippen molar-refractivity contribution in [1.82, 2.24) is 30.4 Å². The van der Waals surface area contributed by atoms with E-state index in [0.29, 0.717) is 36.9 Å². The first-order chi connectivity index (χ1) is 15.2. The van der Waals surface area contributed by atoms with Crippen LogP contribution in [0.25, 0.3) is 0 Å². The number of benzene rings is 1. The molecule has 0 unspecified atom stereocenters. The van der Waals surface area contributed by atoms with Crippen LogP contribution in [-0.2, 0) is 7.05 Å². The molecule has 0 radical (unpaired) electrons. The summed E-state index contributed by atoms with van der Waals surface area (Å²) in [5.41, 5.74) is 0.724. The summed E-state index contributed by atoms with van der Waals surface area (Å²) in [7, 11) is 1.83. The molecule has 1 aliphatic heterocycles. The van der Waals surface area contributed by atoms with Gasteiger partial charge in [0.25, 0.3) is 5.91 Å². The van der Waals surface area contributed by atoms with E-state index in [1.54, 1.807) is 45.6 Å². The first kappa shape index (κ1) is 24.0. The molecule has 1 saturated heterocycles. The minimum Gasteiger partial charge on any atom is -0.410 e. The second kappa shape index (κ2) is 10.8. The Labute approximate surface area is 193 Å². The number of amides is 2. The molecule has 0 atom stereocenters. The highest BCUT2D eigenvalue weighted by atomic mass is 32.2. The highest BCUT2D eigenvalue weighted by Crippen LogP contribution is 2.25. The number of carbonyl (C=O) groups is 2. The Morgan fingerprint density at radius 1 is 1.19 bits per heavy atom. The molecule has 0 bridgehead atoms. The number of aryl methyl sites for hydroxylation is 1. The number of rotatable bonds is 7. The average Bonchev–Trinajstić information content (AvgIpc) is 3.17. The number of hydrogen-bond acceptors (Lipinski definition) is 7. The van der Waals surface area contributed by atoms with Crippen LogP contribution in [0.2, 0.25) is 0 Å². The first-order valence-electron chi connectivity index (χ1n) is 10.9. The van der Waals surface area contributed by atoms with Crippen molar-refractivity contribution in [1.29, 1.82) is 0 Å². The minimum atomic E-state index is -0.351. The molecule has 1 aliphatic rings. The van der Waals surface area contributed by atoms with Gasteiger partial charge in [-0.05, 0) is 65.3 Å². The molecule has 2 heterocycles. The molecule has 1 aromatic heterocycles. The Kier molecular flexibility index (Phi) is 8.11. The Hall–Kier alpha value is -2.62. The van der Waals surface area contributed by atoms with Gasteiger partial charge in [-0.2, -0.15) is 0 Å². The number of aromatic nitrogens is 4. The summed E-state index contributed by atoms with van der Waals surface area (Å²) in [6, 6.07) is 6.68. The fourth-order valence-corrected chi connectivity index (χ4v) is 4.35. The minimum absolute atomic E-state index is 0.121. The van der Waals surface area contributed by atoms with Gasteiger partial charge >= 0.3 is 6.09 Å². The molecule has 0 spiro atoms. The van der Waals surface area contributed by atoms with Gasteiger partial charge in [0.2, 0.25) is 5.16 Å². The van der Waals surface area contributed by atoms with E-state index in [9.17, 15) is 9.59 Å². The van der Waals surface area contributed by atoms with Gasteiger partial charge in [-0.1, -0.05) is 32.5 Å². The van der Waals surface area contributed by atoms with Crippen LogP contribution in [0.15, 0.2) is 29.4 Å². The third-order valence-electron chi connectivity index (χ3n) is 5.38. The Morgan fingerprint density at radius 3 is 2.47 bits per heavy atom. The monoisotopic (exact) mass is 460 g/mol. The predicted molar refractivity (Wildman–Crippen MR) is 123 cm³/mol. The van der Waals surface area contributed by atoms with Crippen LogP contribution in [0.5, 0.6) is 5.75 Å². The van der Waals surface area contributed by atoms with Gasteiger partial charge in [-0.25, -0.2) is 9.48 Å². The zero-order valence-corrected chi connectivity index (χ0v) is 20.0. The fraction of sp³-hybridized carbons (Fsp3) is 0.591. The van der Waals surface area contributed by atoms with E-state index in [-0.39, 0.29) is 17.4 Å². The van der Waals surface area contributed by atoms with E-state index in [2.05, 4.69) is 41.6 Å². The largest absolute Gasteiger partial charge is 0.415 e. The number of carbonyl (C=O) groups excluding carboxylic acids is 2. The van der Waals surface area contributed by atoms with Crippen molar-refractivity contribution in [2.75, 3.05) is 25.4 Å². The lowest BCUT2D eigenvalue weighted by atomic mass is 9.92.